The van der Waals surface area contributed by atoms with E-state index >= 15 is 0 Å². The molecule has 0 aliphatic carbocycles. The maximum absolute atomic E-state index is 12.0. The van der Waals surface area contributed by atoms with Crippen LogP contribution in [-0.2, 0) is 6.54 Å². The van der Waals surface area contributed by atoms with Crippen LogP contribution in [0.15, 0.2) is 35.6 Å². The Hall–Kier alpha value is -2.28. The summed E-state index contributed by atoms with van der Waals surface area (Å²) in [6.07, 6.45) is 6.15. The van der Waals surface area contributed by atoms with Gasteiger partial charge in [-0.1, -0.05) is 0 Å². The highest BCUT2D eigenvalue weighted by molar-refractivity contribution is 6.28. The van der Waals surface area contributed by atoms with Gasteiger partial charge in [0.1, 0.15) is 0 Å². The standard InChI is InChI=1S/C10H7ClN6O/c11-9-13-2-1-7(14-9)6-17-10(18)16-4-3-12-5-8(16)15-17/h1-5H,6H2. The van der Waals surface area contributed by atoms with Crippen molar-refractivity contribution >= 4 is 17.2 Å². The van der Waals surface area contributed by atoms with E-state index in [-0.39, 0.29) is 17.5 Å². The quantitative estimate of drug-likeness (QED) is 0.624. The van der Waals surface area contributed by atoms with Crippen LogP contribution >= 0.6 is 11.6 Å². The summed E-state index contributed by atoms with van der Waals surface area (Å²) < 4.78 is 2.71. The Morgan fingerprint density at radius 2 is 2.22 bits per heavy atom. The van der Waals surface area contributed by atoms with E-state index in [1.165, 1.54) is 27.7 Å². The molecule has 0 atom stereocenters. The molecule has 0 unspecified atom stereocenters. The average Bonchev–Trinajstić information content (AvgIpc) is 2.67. The third-order valence-corrected chi connectivity index (χ3v) is 2.57. The Kier molecular flexibility index (Phi) is 2.52. The molecule has 0 spiro atoms. The predicted molar refractivity (Wildman–Crippen MR) is 63.4 cm³/mol. The summed E-state index contributed by atoms with van der Waals surface area (Å²) in [5.74, 6) is 0. The minimum absolute atomic E-state index is 0.144. The molecule has 18 heavy (non-hydrogen) atoms. The summed E-state index contributed by atoms with van der Waals surface area (Å²) in [7, 11) is 0. The third kappa shape index (κ3) is 1.84. The van der Waals surface area contributed by atoms with Crippen LogP contribution in [0.4, 0.5) is 0 Å². The van der Waals surface area contributed by atoms with E-state index in [0.29, 0.717) is 11.3 Å². The van der Waals surface area contributed by atoms with Crippen molar-refractivity contribution < 1.29 is 0 Å². The second-order valence-corrected chi connectivity index (χ2v) is 3.90. The molecule has 3 rings (SSSR count). The number of aromatic nitrogens is 6. The van der Waals surface area contributed by atoms with Gasteiger partial charge < -0.3 is 0 Å². The van der Waals surface area contributed by atoms with Crippen molar-refractivity contribution in [2.24, 2.45) is 0 Å². The lowest BCUT2D eigenvalue weighted by Crippen LogP contribution is -2.22. The van der Waals surface area contributed by atoms with Gasteiger partial charge in [-0.25, -0.2) is 23.8 Å². The van der Waals surface area contributed by atoms with Crippen LogP contribution in [0.2, 0.25) is 5.28 Å². The summed E-state index contributed by atoms with van der Waals surface area (Å²) >= 11 is 5.68. The molecule has 0 fully saturated rings. The summed E-state index contributed by atoms with van der Waals surface area (Å²) in [6.45, 7) is 0.239. The number of fused-ring (bicyclic) bond motifs is 1. The van der Waals surface area contributed by atoms with E-state index in [1.807, 2.05) is 0 Å². The summed E-state index contributed by atoms with van der Waals surface area (Å²) in [6, 6.07) is 1.68. The molecule has 0 aliphatic rings. The van der Waals surface area contributed by atoms with Gasteiger partial charge >= 0.3 is 5.69 Å². The number of halogens is 1. The molecule has 3 aromatic heterocycles. The van der Waals surface area contributed by atoms with Crippen molar-refractivity contribution in [3.8, 4) is 0 Å². The molecular weight excluding hydrogens is 256 g/mol. The zero-order valence-corrected chi connectivity index (χ0v) is 9.82. The van der Waals surface area contributed by atoms with Crippen molar-refractivity contribution in [3.63, 3.8) is 0 Å². The van der Waals surface area contributed by atoms with Gasteiger partial charge in [0.2, 0.25) is 5.28 Å². The van der Waals surface area contributed by atoms with Gasteiger partial charge in [-0.05, 0) is 17.7 Å². The van der Waals surface area contributed by atoms with Gasteiger partial charge in [0.05, 0.1) is 18.4 Å². The summed E-state index contributed by atoms with van der Waals surface area (Å²) in [4.78, 5) is 23.7. The number of rotatable bonds is 2. The second-order valence-electron chi connectivity index (χ2n) is 3.56. The van der Waals surface area contributed by atoms with E-state index in [1.54, 1.807) is 12.3 Å². The van der Waals surface area contributed by atoms with Crippen molar-refractivity contribution in [1.29, 1.82) is 0 Å². The highest BCUT2D eigenvalue weighted by Crippen LogP contribution is 2.02. The zero-order chi connectivity index (χ0) is 12.5. The average molecular weight is 263 g/mol. The smallest absolute Gasteiger partial charge is 0.259 e. The van der Waals surface area contributed by atoms with Crippen molar-refractivity contribution in [1.82, 2.24) is 29.1 Å². The fourth-order valence-corrected chi connectivity index (χ4v) is 1.76. The van der Waals surface area contributed by atoms with E-state index < -0.39 is 0 Å². The lowest BCUT2D eigenvalue weighted by Gasteiger charge is -1.98. The fraction of sp³-hybridized carbons (Fsp3) is 0.100. The molecule has 7 nitrogen and oxygen atoms in total. The SMILES string of the molecule is O=c1n(Cc2ccnc(Cl)n2)nc2cnccn12. The molecule has 3 aromatic rings. The van der Waals surface area contributed by atoms with Crippen LogP contribution in [-0.4, -0.2) is 29.1 Å². The number of nitrogens with zero attached hydrogens (tertiary/aromatic N) is 6. The maximum atomic E-state index is 12.0. The van der Waals surface area contributed by atoms with Gasteiger partial charge in [0, 0.05) is 18.6 Å². The summed E-state index contributed by atoms with van der Waals surface area (Å²) in [5.41, 5.74) is 0.859. The molecule has 0 saturated heterocycles. The molecule has 3 heterocycles. The minimum Gasteiger partial charge on any atom is -0.259 e. The van der Waals surface area contributed by atoms with Gasteiger partial charge in [-0.2, -0.15) is 0 Å². The third-order valence-electron chi connectivity index (χ3n) is 2.38. The van der Waals surface area contributed by atoms with Gasteiger partial charge in [0.25, 0.3) is 0 Å². The van der Waals surface area contributed by atoms with Crippen LogP contribution in [0.1, 0.15) is 5.69 Å². The second kappa shape index (κ2) is 4.19. The number of hydrogen-bond donors (Lipinski definition) is 0. The molecule has 0 aromatic carbocycles. The van der Waals surface area contributed by atoms with E-state index in [0.717, 1.165) is 0 Å². The molecule has 0 amide bonds. The minimum atomic E-state index is -0.248. The molecule has 0 saturated carbocycles. The molecular formula is C10H7ClN6O. The first-order chi connectivity index (χ1) is 8.74. The van der Waals surface area contributed by atoms with Crippen molar-refractivity contribution in [2.45, 2.75) is 6.54 Å². The van der Waals surface area contributed by atoms with Crippen molar-refractivity contribution in [3.05, 3.63) is 52.3 Å². The summed E-state index contributed by atoms with van der Waals surface area (Å²) in [5, 5.41) is 4.28. The Morgan fingerprint density at radius 1 is 1.33 bits per heavy atom. The van der Waals surface area contributed by atoms with Crippen LogP contribution in [0.3, 0.4) is 0 Å². The molecule has 0 aliphatic heterocycles. The van der Waals surface area contributed by atoms with Crippen LogP contribution in [0, 0.1) is 0 Å². The Labute approximate surface area is 106 Å². The zero-order valence-electron chi connectivity index (χ0n) is 9.06. The number of hydrogen-bond acceptors (Lipinski definition) is 5. The maximum Gasteiger partial charge on any atom is 0.350 e. The first-order valence-electron chi connectivity index (χ1n) is 5.10. The predicted octanol–water partition coefficient (Wildman–Crippen LogP) is 0.383. The van der Waals surface area contributed by atoms with Crippen LogP contribution < -0.4 is 5.69 Å². The first-order valence-corrected chi connectivity index (χ1v) is 5.48. The van der Waals surface area contributed by atoms with E-state index in [4.69, 9.17) is 11.6 Å². The molecule has 0 N–H and O–H groups in total. The lowest BCUT2D eigenvalue weighted by molar-refractivity contribution is 0.645. The first kappa shape index (κ1) is 10.8. The largest absolute Gasteiger partial charge is 0.350 e. The Bertz CT molecular complexity index is 764. The fourth-order valence-electron chi connectivity index (χ4n) is 1.59. The molecule has 0 radical (unpaired) electrons. The normalized spacial score (nSPS) is 10.9. The molecule has 0 bridgehead atoms. The van der Waals surface area contributed by atoms with Gasteiger partial charge in [-0.3, -0.25) is 4.98 Å². The topological polar surface area (TPSA) is 78.0 Å². The molecule has 8 heteroatoms. The Morgan fingerprint density at radius 3 is 3.00 bits per heavy atom. The highest BCUT2D eigenvalue weighted by atomic mass is 35.5. The van der Waals surface area contributed by atoms with Gasteiger partial charge in [0.15, 0.2) is 5.65 Å². The van der Waals surface area contributed by atoms with E-state index in [9.17, 15) is 4.79 Å². The van der Waals surface area contributed by atoms with Gasteiger partial charge in [-0.15, -0.1) is 5.10 Å². The monoisotopic (exact) mass is 262 g/mol. The van der Waals surface area contributed by atoms with Crippen LogP contribution in [0.5, 0.6) is 0 Å². The van der Waals surface area contributed by atoms with Crippen molar-refractivity contribution in [2.75, 3.05) is 0 Å². The Balaban J connectivity index is 2.05. The van der Waals surface area contributed by atoms with E-state index in [2.05, 4.69) is 20.1 Å². The highest BCUT2D eigenvalue weighted by Gasteiger charge is 2.07. The van der Waals surface area contributed by atoms with Crippen LogP contribution in [0.25, 0.3) is 5.65 Å². The molecule has 90 valence electrons. The lowest BCUT2D eigenvalue weighted by atomic mass is 10.4.